The van der Waals surface area contributed by atoms with E-state index >= 15 is 0 Å². The second kappa shape index (κ2) is 7.98. The van der Waals surface area contributed by atoms with E-state index in [-0.39, 0.29) is 0 Å². The molecule has 2 heteroatoms. The van der Waals surface area contributed by atoms with Crippen LogP contribution in [0.1, 0.15) is 77.0 Å². The average molecular weight is 350 g/mol. The predicted octanol–water partition coefficient (Wildman–Crippen LogP) is 5.25. The third-order valence-corrected chi connectivity index (χ3v) is 5.72. The predicted molar refractivity (Wildman–Crippen MR) is 81.9 cm³/mol. The maximum atomic E-state index is 6.45. The number of ether oxygens (including phenoxy) is 1. The van der Waals surface area contributed by atoms with Gasteiger partial charge in [-0.25, -0.2) is 0 Å². The fraction of sp³-hybridized carbons (Fsp3) is 1.00. The van der Waals surface area contributed by atoms with Gasteiger partial charge in [-0.3, -0.25) is 0 Å². The van der Waals surface area contributed by atoms with Gasteiger partial charge in [0, 0.05) is 3.92 Å². The summed E-state index contributed by atoms with van der Waals surface area (Å²) in [6, 6.07) is 0. The summed E-state index contributed by atoms with van der Waals surface area (Å²) in [4.78, 5) is 0. The first-order chi connectivity index (χ1) is 8.36. The van der Waals surface area contributed by atoms with Gasteiger partial charge in [0.1, 0.15) is 0 Å². The monoisotopic (exact) mass is 350 g/mol. The SMILES string of the molecule is IC1CCCCCCC1OC1CCCCCC1. The molecular weight excluding hydrogens is 323 g/mol. The minimum Gasteiger partial charge on any atom is -0.374 e. The summed E-state index contributed by atoms with van der Waals surface area (Å²) in [6.45, 7) is 0. The molecule has 0 heterocycles. The van der Waals surface area contributed by atoms with Gasteiger partial charge in [0.25, 0.3) is 0 Å². The van der Waals surface area contributed by atoms with E-state index in [0.29, 0.717) is 12.2 Å². The van der Waals surface area contributed by atoms with Crippen LogP contribution in [0.25, 0.3) is 0 Å². The summed E-state index contributed by atoms with van der Waals surface area (Å²) in [5.74, 6) is 0. The van der Waals surface area contributed by atoms with E-state index in [4.69, 9.17) is 4.74 Å². The maximum absolute atomic E-state index is 6.45. The zero-order chi connectivity index (χ0) is 11.9. The highest BCUT2D eigenvalue weighted by molar-refractivity contribution is 14.1. The van der Waals surface area contributed by atoms with Gasteiger partial charge in [-0.05, 0) is 25.7 Å². The summed E-state index contributed by atoms with van der Waals surface area (Å²) in [6.07, 6.45) is 17.8. The summed E-state index contributed by atoms with van der Waals surface area (Å²) in [7, 11) is 0. The molecular formula is C15H27IO. The minimum absolute atomic E-state index is 0.555. The first-order valence-corrected chi connectivity index (χ1v) is 8.90. The maximum Gasteiger partial charge on any atom is 0.0696 e. The fourth-order valence-electron chi connectivity index (χ4n) is 3.18. The zero-order valence-electron chi connectivity index (χ0n) is 11.0. The Kier molecular flexibility index (Phi) is 6.62. The molecule has 2 saturated carbocycles. The fourth-order valence-corrected chi connectivity index (χ4v) is 4.15. The molecule has 0 N–H and O–H groups in total. The van der Waals surface area contributed by atoms with Crippen molar-refractivity contribution in [1.82, 2.24) is 0 Å². The molecule has 0 saturated heterocycles. The van der Waals surface area contributed by atoms with Crippen LogP contribution in [-0.2, 0) is 4.74 Å². The van der Waals surface area contributed by atoms with Gasteiger partial charge < -0.3 is 4.74 Å². The van der Waals surface area contributed by atoms with E-state index in [1.807, 2.05) is 0 Å². The van der Waals surface area contributed by atoms with Crippen molar-refractivity contribution in [1.29, 1.82) is 0 Å². The topological polar surface area (TPSA) is 9.23 Å². The van der Waals surface area contributed by atoms with Crippen LogP contribution in [0.2, 0.25) is 0 Å². The molecule has 0 amide bonds. The number of hydrogen-bond donors (Lipinski definition) is 0. The van der Waals surface area contributed by atoms with Gasteiger partial charge in [0.05, 0.1) is 12.2 Å². The van der Waals surface area contributed by atoms with Crippen molar-refractivity contribution in [2.75, 3.05) is 0 Å². The largest absolute Gasteiger partial charge is 0.374 e. The van der Waals surface area contributed by atoms with Gasteiger partial charge in [0.15, 0.2) is 0 Å². The van der Waals surface area contributed by atoms with E-state index in [2.05, 4.69) is 22.6 Å². The van der Waals surface area contributed by atoms with Gasteiger partial charge in [-0.2, -0.15) is 0 Å². The Morgan fingerprint density at radius 3 is 1.82 bits per heavy atom. The first kappa shape index (κ1) is 14.1. The van der Waals surface area contributed by atoms with Gasteiger partial charge >= 0.3 is 0 Å². The lowest BCUT2D eigenvalue weighted by Crippen LogP contribution is -2.30. The molecule has 0 aromatic heterocycles. The van der Waals surface area contributed by atoms with E-state index in [0.717, 1.165) is 3.92 Å². The van der Waals surface area contributed by atoms with Crippen molar-refractivity contribution < 1.29 is 4.74 Å². The molecule has 0 bridgehead atoms. The molecule has 1 nitrogen and oxygen atoms in total. The Morgan fingerprint density at radius 2 is 1.18 bits per heavy atom. The molecule has 2 aliphatic rings. The van der Waals surface area contributed by atoms with Crippen LogP contribution in [-0.4, -0.2) is 16.1 Å². The van der Waals surface area contributed by atoms with Crippen LogP contribution >= 0.6 is 22.6 Å². The number of rotatable bonds is 2. The van der Waals surface area contributed by atoms with Crippen molar-refractivity contribution in [2.24, 2.45) is 0 Å². The third-order valence-electron chi connectivity index (χ3n) is 4.29. The van der Waals surface area contributed by atoms with Crippen LogP contribution in [0, 0.1) is 0 Å². The summed E-state index contributed by atoms with van der Waals surface area (Å²) >= 11 is 2.64. The van der Waals surface area contributed by atoms with Crippen molar-refractivity contribution in [3.8, 4) is 0 Å². The van der Waals surface area contributed by atoms with Crippen LogP contribution < -0.4 is 0 Å². The zero-order valence-corrected chi connectivity index (χ0v) is 13.2. The molecule has 0 aliphatic heterocycles. The van der Waals surface area contributed by atoms with Crippen LogP contribution in [0.15, 0.2) is 0 Å². The summed E-state index contributed by atoms with van der Waals surface area (Å²) < 4.78 is 7.21. The van der Waals surface area contributed by atoms with Crippen LogP contribution in [0.4, 0.5) is 0 Å². The second-order valence-electron chi connectivity index (χ2n) is 5.80. The van der Waals surface area contributed by atoms with Crippen molar-refractivity contribution in [3.63, 3.8) is 0 Å². The standard InChI is InChI=1S/C15H27IO/c16-14-11-7-3-4-8-12-15(14)17-13-9-5-1-2-6-10-13/h13-15H,1-12H2. The molecule has 100 valence electrons. The lowest BCUT2D eigenvalue weighted by atomic mass is 9.98. The Bertz CT molecular complexity index is 199. The molecule has 2 unspecified atom stereocenters. The number of halogens is 1. The Hall–Kier alpha value is 0.690. The normalized spacial score (nSPS) is 33.7. The number of hydrogen-bond acceptors (Lipinski definition) is 1. The van der Waals surface area contributed by atoms with Gasteiger partial charge in [-0.1, -0.05) is 74.0 Å². The molecule has 0 aromatic rings. The molecule has 2 aliphatic carbocycles. The highest BCUT2D eigenvalue weighted by Crippen LogP contribution is 2.29. The van der Waals surface area contributed by atoms with E-state index in [9.17, 15) is 0 Å². The Morgan fingerprint density at radius 1 is 0.647 bits per heavy atom. The Labute approximate surface area is 120 Å². The molecule has 0 aromatic carbocycles. The van der Waals surface area contributed by atoms with E-state index in [1.54, 1.807) is 0 Å². The molecule has 2 atom stereocenters. The first-order valence-electron chi connectivity index (χ1n) is 7.66. The summed E-state index contributed by atoms with van der Waals surface area (Å²) in [5.41, 5.74) is 0. The molecule has 17 heavy (non-hydrogen) atoms. The van der Waals surface area contributed by atoms with Gasteiger partial charge in [-0.15, -0.1) is 0 Å². The third kappa shape index (κ3) is 5.06. The molecule has 2 rings (SSSR count). The molecule has 0 spiro atoms. The second-order valence-corrected chi connectivity index (χ2v) is 7.40. The number of alkyl halides is 1. The van der Waals surface area contributed by atoms with Crippen molar-refractivity contribution in [3.05, 3.63) is 0 Å². The molecule has 2 fully saturated rings. The van der Waals surface area contributed by atoms with Crippen LogP contribution in [0.3, 0.4) is 0 Å². The highest BCUT2D eigenvalue weighted by Gasteiger charge is 2.24. The van der Waals surface area contributed by atoms with Crippen molar-refractivity contribution >= 4 is 22.6 Å². The Balaban J connectivity index is 1.81. The van der Waals surface area contributed by atoms with Crippen molar-refractivity contribution in [2.45, 2.75) is 93.2 Å². The summed E-state index contributed by atoms with van der Waals surface area (Å²) in [5, 5.41) is 0. The van der Waals surface area contributed by atoms with E-state index < -0.39 is 0 Å². The lowest BCUT2D eigenvalue weighted by Gasteiger charge is -2.29. The average Bonchev–Trinajstić information content (AvgIpc) is 2.57. The highest BCUT2D eigenvalue weighted by atomic mass is 127. The minimum atomic E-state index is 0.555. The van der Waals surface area contributed by atoms with Crippen LogP contribution in [0.5, 0.6) is 0 Å². The lowest BCUT2D eigenvalue weighted by molar-refractivity contribution is -0.0252. The van der Waals surface area contributed by atoms with Gasteiger partial charge in [0.2, 0.25) is 0 Å². The quantitative estimate of drug-likeness (QED) is 0.375. The van der Waals surface area contributed by atoms with E-state index in [1.165, 1.54) is 77.0 Å². The smallest absolute Gasteiger partial charge is 0.0696 e. The molecule has 0 radical (unpaired) electrons.